The van der Waals surface area contributed by atoms with E-state index in [1.165, 1.54) is 0 Å². The maximum atomic E-state index is 10.6. The Morgan fingerprint density at radius 1 is 1.25 bits per heavy atom. The molecule has 110 valence electrons. The molecule has 2 heterocycles. The second kappa shape index (κ2) is 4.91. The number of aliphatic hydroxyl groups is 1. The fraction of sp³-hybridized carbons (Fsp3) is 0.600. The highest BCUT2D eigenvalue weighted by Crippen LogP contribution is 2.37. The molecule has 0 spiro atoms. The van der Waals surface area contributed by atoms with Crippen molar-refractivity contribution in [3.63, 3.8) is 0 Å². The minimum atomic E-state index is -0.613. The lowest BCUT2D eigenvalue weighted by atomic mass is 10.0. The summed E-state index contributed by atoms with van der Waals surface area (Å²) in [6, 6.07) is 5.54. The molecule has 1 saturated heterocycles. The van der Waals surface area contributed by atoms with E-state index in [2.05, 4.69) is 4.90 Å². The first-order valence-electron chi connectivity index (χ1n) is 6.93. The number of benzene rings is 1. The van der Waals surface area contributed by atoms with Crippen molar-refractivity contribution in [2.24, 2.45) is 0 Å². The lowest BCUT2D eigenvalue weighted by molar-refractivity contribution is -0.0462. The Morgan fingerprint density at radius 2 is 1.95 bits per heavy atom. The first-order valence-corrected chi connectivity index (χ1v) is 6.93. The lowest BCUT2D eigenvalue weighted by Crippen LogP contribution is -2.43. The van der Waals surface area contributed by atoms with Gasteiger partial charge >= 0.3 is 0 Å². The Kier molecular flexibility index (Phi) is 3.36. The van der Waals surface area contributed by atoms with Crippen molar-refractivity contribution in [1.29, 1.82) is 0 Å². The molecule has 5 heteroatoms. The van der Waals surface area contributed by atoms with Crippen molar-refractivity contribution in [2.45, 2.75) is 31.7 Å². The first kappa shape index (κ1) is 13.7. The van der Waals surface area contributed by atoms with E-state index in [9.17, 15) is 5.11 Å². The van der Waals surface area contributed by atoms with Crippen molar-refractivity contribution in [3.8, 4) is 11.5 Å². The van der Waals surface area contributed by atoms with E-state index >= 15 is 0 Å². The number of likely N-dealkylation sites (N-methyl/N-ethyl adjacent to an activating group) is 1. The summed E-state index contributed by atoms with van der Waals surface area (Å²) in [7, 11) is 1.97. The molecule has 0 amide bonds. The molecule has 0 bridgehead atoms. The molecule has 0 unspecified atom stereocenters. The summed E-state index contributed by atoms with van der Waals surface area (Å²) in [5.74, 6) is 1.44. The van der Waals surface area contributed by atoms with E-state index in [1.807, 2.05) is 39.1 Å². The van der Waals surface area contributed by atoms with E-state index in [0.29, 0.717) is 25.6 Å². The minimum absolute atomic E-state index is 0.0624. The van der Waals surface area contributed by atoms with Gasteiger partial charge < -0.3 is 19.3 Å². The first-order chi connectivity index (χ1) is 9.49. The van der Waals surface area contributed by atoms with Gasteiger partial charge in [0.15, 0.2) is 11.5 Å². The average molecular weight is 279 g/mol. The van der Waals surface area contributed by atoms with Gasteiger partial charge in [-0.3, -0.25) is 4.90 Å². The quantitative estimate of drug-likeness (QED) is 0.890. The molecule has 0 aromatic heterocycles. The zero-order chi connectivity index (χ0) is 14.3. The third-order valence-corrected chi connectivity index (χ3v) is 4.23. The van der Waals surface area contributed by atoms with Crippen LogP contribution >= 0.6 is 0 Å². The second-order valence-corrected chi connectivity index (χ2v) is 5.78. The van der Waals surface area contributed by atoms with Gasteiger partial charge in [-0.2, -0.15) is 0 Å². The van der Waals surface area contributed by atoms with Gasteiger partial charge in [-0.1, -0.05) is 6.07 Å². The number of hydrogen-bond acceptors (Lipinski definition) is 5. The van der Waals surface area contributed by atoms with Gasteiger partial charge in [-0.25, -0.2) is 0 Å². The van der Waals surface area contributed by atoms with Crippen LogP contribution in [-0.2, 0) is 4.74 Å². The maximum absolute atomic E-state index is 10.6. The van der Waals surface area contributed by atoms with Crippen LogP contribution in [0.15, 0.2) is 18.2 Å². The predicted octanol–water partition coefficient (Wildman–Crippen LogP) is 1.56. The van der Waals surface area contributed by atoms with E-state index in [1.54, 1.807) is 0 Å². The van der Waals surface area contributed by atoms with Crippen LogP contribution in [0.3, 0.4) is 0 Å². The van der Waals surface area contributed by atoms with Crippen LogP contribution in [-0.4, -0.2) is 48.6 Å². The molecule has 3 rings (SSSR count). The Labute approximate surface area is 119 Å². The molecule has 1 fully saturated rings. The van der Waals surface area contributed by atoms with Gasteiger partial charge in [0.2, 0.25) is 0 Å². The number of nitrogens with zero attached hydrogens (tertiary/aromatic N) is 1. The summed E-state index contributed by atoms with van der Waals surface area (Å²) >= 11 is 0. The largest absolute Gasteiger partial charge is 0.486 e. The number of hydrogen-bond donors (Lipinski definition) is 1. The van der Waals surface area contributed by atoms with Crippen LogP contribution in [0, 0.1) is 0 Å². The van der Waals surface area contributed by atoms with Crippen LogP contribution < -0.4 is 9.47 Å². The van der Waals surface area contributed by atoms with Gasteiger partial charge in [-0.15, -0.1) is 0 Å². The van der Waals surface area contributed by atoms with E-state index in [-0.39, 0.29) is 11.8 Å². The molecular weight excluding hydrogens is 258 g/mol. The zero-order valence-electron chi connectivity index (χ0n) is 12.1. The molecular formula is C15H21NO4. The maximum Gasteiger partial charge on any atom is 0.161 e. The van der Waals surface area contributed by atoms with Gasteiger partial charge in [0, 0.05) is 0 Å². The number of fused-ring (bicyclic) bond motifs is 1. The van der Waals surface area contributed by atoms with Crippen molar-refractivity contribution >= 4 is 0 Å². The third kappa shape index (κ3) is 2.26. The summed E-state index contributed by atoms with van der Waals surface area (Å²) in [4.78, 5) is 2.06. The summed E-state index contributed by atoms with van der Waals surface area (Å²) in [6.45, 7) is 5.64. The smallest absolute Gasteiger partial charge is 0.161 e. The highest BCUT2D eigenvalue weighted by Gasteiger charge is 2.41. The van der Waals surface area contributed by atoms with E-state index in [0.717, 1.165) is 11.3 Å². The standard InChI is InChI=1S/C15H21NO4/c1-15(2)16(3)11(9-20-15)14(17)10-4-5-12-13(8-10)19-7-6-18-12/h4-5,8,11,14,17H,6-7,9H2,1-3H3/t11-,14-/m1/s1. The summed E-state index contributed by atoms with van der Waals surface area (Å²) < 4.78 is 16.8. The Balaban J connectivity index is 1.82. The fourth-order valence-electron chi connectivity index (χ4n) is 2.67. The molecule has 2 aliphatic rings. The van der Waals surface area contributed by atoms with Crippen LogP contribution in [0.4, 0.5) is 0 Å². The Bertz CT molecular complexity index is 503. The van der Waals surface area contributed by atoms with Gasteiger partial charge in [0.1, 0.15) is 18.9 Å². The molecule has 0 saturated carbocycles. The summed E-state index contributed by atoms with van der Waals surface area (Å²) in [5, 5.41) is 10.6. The van der Waals surface area contributed by atoms with Gasteiger partial charge in [0.25, 0.3) is 0 Å². The van der Waals surface area contributed by atoms with Gasteiger partial charge in [0.05, 0.1) is 18.8 Å². The number of rotatable bonds is 2. The topological polar surface area (TPSA) is 51.2 Å². The zero-order valence-corrected chi connectivity index (χ0v) is 12.1. The van der Waals surface area contributed by atoms with Crippen molar-refractivity contribution < 1.29 is 19.3 Å². The Morgan fingerprint density at radius 3 is 2.60 bits per heavy atom. The summed E-state index contributed by atoms with van der Waals surface area (Å²) in [5.41, 5.74) is 0.479. The Hall–Kier alpha value is -1.30. The molecule has 2 atom stereocenters. The normalized spacial score (nSPS) is 26.5. The monoisotopic (exact) mass is 279 g/mol. The van der Waals surface area contributed by atoms with Crippen molar-refractivity contribution in [2.75, 3.05) is 26.9 Å². The fourth-order valence-corrected chi connectivity index (χ4v) is 2.67. The molecule has 1 aromatic rings. The third-order valence-electron chi connectivity index (χ3n) is 4.23. The molecule has 1 N–H and O–H groups in total. The van der Waals surface area contributed by atoms with E-state index in [4.69, 9.17) is 14.2 Å². The molecule has 0 radical (unpaired) electrons. The number of ether oxygens (including phenoxy) is 3. The predicted molar refractivity (Wildman–Crippen MR) is 74.0 cm³/mol. The highest BCUT2D eigenvalue weighted by molar-refractivity contribution is 5.44. The molecule has 20 heavy (non-hydrogen) atoms. The van der Waals surface area contributed by atoms with Crippen LogP contribution in [0.2, 0.25) is 0 Å². The molecule has 5 nitrogen and oxygen atoms in total. The van der Waals surface area contributed by atoms with Crippen LogP contribution in [0.25, 0.3) is 0 Å². The SMILES string of the molecule is CN1[C@@H]([C@H](O)c2ccc3c(c2)OCCO3)COC1(C)C. The lowest BCUT2D eigenvalue weighted by Gasteiger charge is -2.32. The minimum Gasteiger partial charge on any atom is -0.486 e. The van der Waals surface area contributed by atoms with Crippen LogP contribution in [0.5, 0.6) is 11.5 Å². The van der Waals surface area contributed by atoms with E-state index < -0.39 is 6.10 Å². The van der Waals surface area contributed by atoms with Crippen molar-refractivity contribution in [1.82, 2.24) is 4.90 Å². The molecule has 1 aromatic carbocycles. The molecule has 2 aliphatic heterocycles. The second-order valence-electron chi connectivity index (χ2n) is 5.78. The summed E-state index contributed by atoms with van der Waals surface area (Å²) in [6.07, 6.45) is -0.613. The molecule has 0 aliphatic carbocycles. The van der Waals surface area contributed by atoms with Crippen LogP contribution in [0.1, 0.15) is 25.5 Å². The van der Waals surface area contributed by atoms with Gasteiger partial charge in [-0.05, 0) is 38.6 Å². The number of aliphatic hydroxyl groups excluding tert-OH is 1. The average Bonchev–Trinajstić information content (AvgIpc) is 2.72. The van der Waals surface area contributed by atoms with Crippen molar-refractivity contribution in [3.05, 3.63) is 23.8 Å². The highest BCUT2D eigenvalue weighted by atomic mass is 16.6.